The maximum absolute atomic E-state index is 5.18. The molecule has 1 heterocycles. The summed E-state index contributed by atoms with van der Waals surface area (Å²) in [7, 11) is 3.58. The van der Waals surface area contributed by atoms with Crippen LogP contribution in [0.3, 0.4) is 0 Å². The van der Waals surface area contributed by atoms with Crippen LogP contribution in [-0.4, -0.2) is 23.9 Å². The molecule has 0 aliphatic carbocycles. The molecule has 1 aromatic carbocycles. The maximum atomic E-state index is 5.18. The molecule has 0 fully saturated rings. The molecule has 16 heavy (non-hydrogen) atoms. The molecule has 1 N–H and O–H groups in total. The summed E-state index contributed by atoms with van der Waals surface area (Å²) >= 11 is 0. The predicted octanol–water partition coefficient (Wildman–Crippen LogP) is 1.60. The summed E-state index contributed by atoms with van der Waals surface area (Å²) in [6, 6.07) is 7.82. The number of nitrogens with one attached hydrogen (secondary N) is 1. The van der Waals surface area contributed by atoms with Crippen LogP contribution in [-0.2, 0) is 6.54 Å². The van der Waals surface area contributed by atoms with E-state index < -0.39 is 0 Å². The number of benzene rings is 1. The number of hydrogen-bond acceptors (Lipinski definition) is 3. The second-order valence-electron chi connectivity index (χ2n) is 3.52. The van der Waals surface area contributed by atoms with Crippen molar-refractivity contribution < 1.29 is 4.74 Å². The van der Waals surface area contributed by atoms with E-state index >= 15 is 0 Å². The first-order valence-corrected chi connectivity index (χ1v) is 5.16. The summed E-state index contributed by atoms with van der Waals surface area (Å²) in [6.07, 6.45) is 3.86. The minimum Gasteiger partial charge on any atom is -0.497 e. The number of rotatable bonds is 4. The zero-order valence-corrected chi connectivity index (χ0v) is 9.47. The Kier molecular flexibility index (Phi) is 3.22. The standard InChI is InChI=1S/C12H15N3O/c1-13-7-10-8-14-15(9-10)11-4-3-5-12(6-11)16-2/h3-6,8-9,13H,7H2,1-2H3. The van der Waals surface area contributed by atoms with Gasteiger partial charge in [-0.15, -0.1) is 0 Å². The van der Waals surface area contributed by atoms with E-state index in [1.807, 2.05) is 48.4 Å². The van der Waals surface area contributed by atoms with E-state index in [-0.39, 0.29) is 0 Å². The van der Waals surface area contributed by atoms with Gasteiger partial charge in [-0.3, -0.25) is 0 Å². The second-order valence-corrected chi connectivity index (χ2v) is 3.52. The molecule has 0 saturated heterocycles. The van der Waals surface area contributed by atoms with Crippen LogP contribution in [0.25, 0.3) is 5.69 Å². The first-order chi connectivity index (χ1) is 7.83. The highest BCUT2D eigenvalue weighted by molar-refractivity contribution is 5.38. The predicted molar refractivity (Wildman–Crippen MR) is 62.9 cm³/mol. The van der Waals surface area contributed by atoms with E-state index in [4.69, 9.17) is 4.74 Å². The Balaban J connectivity index is 2.27. The van der Waals surface area contributed by atoms with Gasteiger partial charge in [0.05, 0.1) is 19.0 Å². The lowest BCUT2D eigenvalue weighted by molar-refractivity contribution is 0.414. The van der Waals surface area contributed by atoms with Crippen molar-refractivity contribution in [1.29, 1.82) is 0 Å². The van der Waals surface area contributed by atoms with Crippen LogP contribution in [0.5, 0.6) is 5.75 Å². The third-order valence-electron chi connectivity index (χ3n) is 2.33. The Morgan fingerprint density at radius 3 is 3.06 bits per heavy atom. The molecule has 84 valence electrons. The summed E-state index contributed by atoms with van der Waals surface area (Å²) in [4.78, 5) is 0. The highest BCUT2D eigenvalue weighted by Gasteiger charge is 2.01. The van der Waals surface area contributed by atoms with E-state index in [0.29, 0.717) is 0 Å². The fourth-order valence-electron chi connectivity index (χ4n) is 1.55. The van der Waals surface area contributed by atoms with Gasteiger partial charge in [-0.05, 0) is 19.2 Å². The number of nitrogens with zero attached hydrogens (tertiary/aromatic N) is 2. The van der Waals surface area contributed by atoms with Crippen LogP contribution < -0.4 is 10.1 Å². The monoisotopic (exact) mass is 217 g/mol. The van der Waals surface area contributed by atoms with Gasteiger partial charge in [-0.2, -0.15) is 5.10 Å². The van der Waals surface area contributed by atoms with Crippen LogP contribution in [0.4, 0.5) is 0 Å². The Labute approximate surface area is 94.9 Å². The highest BCUT2D eigenvalue weighted by Crippen LogP contribution is 2.16. The molecule has 0 amide bonds. The summed E-state index contributed by atoms with van der Waals surface area (Å²) in [5.41, 5.74) is 2.16. The lowest BCUT2D eigenvalue weighted by Gasteiger charge is -2.03. The van der Waals surface area contributed by atoms with Crippen molar-refractivity contribution >= 4 is 0 Å². The lowest BCUT2D eigenvalue weighted by atomic mass is 10.3. The van der Waals surface area contributed by atoms with Crippen molar-refractivity contribution in [2.75, 3.05) is 14.2 Å². The van der Waals surface area contributed by atoms with E-state index in [9.17, 15) is 0 Å². The van der Waals surface area contributed by atoms with Crippen LogP contribution in [0.15, 0.2) is 36.7 Å². The smallest absolute Gasteiger partial charge is 0.121 e. The molecule has 4 heteroatoms. The zero-order chi connectivity index (χ0) is 11.4. The normalized spacial score (nSPS) is 10.4. The summed E-state index contributed by atoms with van der Waals surface area (Å²) in [6.45, 7) is 0.823. The SMILES string of the molecule is CNCc1cnn(-c2cccc(OC)c2)c1. The molecule has 2 aromatic rings. The maximum Gasteiger partial charge on any atom is 0.121 e. The van der Waals surface area contributed by atoms with Gasteiger partial charge in [-0.25, -0.2) is 4.68 Å². The molecule has 0 bridgehead atoms. The minimum absolute atomic E-state index is 0.823. The molecular weight excluding hydrogens is 202 g/mol. The van der Waals surface area contributed by atoms with Crippen LogP contribution in [0.1, 0.15) is 5.56 Å². The molecule has 0 atom stereocenters. The van der Waals surface area contributed by atoms with Gasteiger partial charge in [-0.1, -0.05) is 6.07 Å². The van der Waals surface area contributed by atoms with Gasteiger partial charge in [0.15, 0.2) is 0 Å². The molecule has 0 unspecified atom stereocenters. The number of methoxy groups -OCH3 is 1. The van der Waals surface area contributed by atoms with Gasteiger partial charge in [0.1, 0.15) is 5.75 Å². The molecule has 0 aliphatic rings. The lowest BCUT2D eigenvalue weighted by Crippen LogP contribution is -2.03. The van der Waals surface area contributed by atoms with Crippen molar-refractivity contribution in [2.24, 2.45) is 0 Å². The first kappa shape index (κ1) is 10.7. The van der Waals surface area contributed by atoms with Crippen LogP contribution in [0, 0.1) is 0 Å². The second kappa shape index (κ2) is 4.81. The Hall–Kier alpha value is -1.81. The fourth-order valence-corrected chi connectivity index (χ4v) is 1.55. The molecule has 1 aromatic heterocycles. The van der Waals surface area contributed by atoms with Crippen molar-refractivity contribution in [3.05, 3.63) is 42.2 Å². The third kappa shape index (κ3) is 2.23. The van der Waals surface area contributed by atoms with E-state index in [1.165, 1.54) is 0 Å². The van der Waals surface area contributed by atoms with E-state index in [1.54, 1.807) is 7.11 Å². The Morgan fingerprint density at radius 1 is 1.44 bits per heavy atom. The summed E-state index contributed by atoms with van der Waals surface area (Å²) in [5, 5.41) is 7.39. The average Bonchev–Trinajstić information content (AvgIpc) is 2.78. The number of ether oxygens (including phenoxy) is 1. The largest absolute Gasteiger partial charge is 0.497 e. The van der Waals surface area contributed by atoms with Gasteiger partial charge in [0.25, 0.3) is 0 Å². The van der Waals surface area contributed by atoms with Crippen molar-refractivity contribution in [3.8, 4) is 11.4 Å². The Bertz CT molecular complexity index is 465. The Morgan fingerprint density at radius 2 is 2.31 bits per heavy atom. The summed E-state index contributed by atoms with van der Waals surface area (Å²) < 4.78 is 7.02. The van der Waals surface area contributed by atoms with Crippen LogP contribution in [0.2, 0.25) is 0 Å². The number of aromatic nitrogens is 2. The molecule has 0 spiro atoms. The number of hydrogen-bond donors (Lipinski definition) is 1. The molecular formula is C12H15N3O. The molecule has 2 rings (SSSR count). The van der Waals surface area contributed by atoms with Gasteiger partial charge < -0.3 is 10.1 Å². The zero-order valence-electron chi connectivity index (χ0n) is 9.47. The minimum atomic E-state index is 0.823. The fraction of sp³-hybridized carbons (Fsp3) is 0.250. The van der Waals surface area contributed by atoms with E-state index in [2.05, 4.69) is 10.4 Å². The summed E-state index contributed by atoms with van der Waals surface area (Å²) in [5.74, 6) is 0.836. The first-order valence-electron chi connectivity index (χ1n) is 5.16. The van der Waals surface area contributed by atoms with Crippen molar-refractivity contribution in [1.82, 2.24) is 15.1 Å². The van der Waals surface area contributed by atoms with Gasteiger partial charge in [0, 0.05) is 24.4 Å². The topological polar surface area (TPSA) is 39.1 Å². The third-order valence-corrected chi connectivity index (χ3v) is 2.33. The highest BCUT2D eigenvalue weighted by atomic mass is 16.5. The van der Waals surface area contributed by atoms with Gasteiger partial charge >= 0.3 is 0 Å². The molecule has 0 radical (unpaired) electrons. The van der Waals surface area contributed by atoms with Crippen LogP contribution >= 0.6 is 0 Å². The van der Waals surface area contributed by atoms with Gasteiger partial charge in [0.2, 0.25) is 0 Å². The molecule has 0 saturated carbocycles. The van der Waals surface area contributed by atoms with Crippen molar-refractivity contribution in [2.45, 2.75) is 6.54 Å². The molecule has 0 aliphatic heterocycles. The quantitative estimate of drug-likeness (QED) is 0.845. The van der Waals surface area contributed by atoms with E-state index in [0.717, 1.165) is 23.5 Å². The molecule has 4 nitrogen and oxygen atoms in total. The average molecular weight is 217 g/mol. The van der Waals surface area contributed by atoms with Crippen molar-refractivity contribution in [3.63, 3.8) is 0 Å².